The van der Waals surface area contributed by atoms with E-state index in [4.69, 9.17) is 0 Å². The Labute approximate surface area is 109 Å². The molecule has 0 aliphatic heterocycles. The van der Waals surface area contributed by atoms with E-state index in [1.807, 2.05) is 12.1 Å². The average molecular weight is 246 g/mol. The maximum Gasteiger partial charge on any atom is 0.251 e. The molecule has 1 aromatic rings. The number of fused-ring (bicyclic) bond motifs is 1. The van der Waals surface area contributed by atoms with Crippen molar-refractivity contribution in [2.24, 2.45) is 0 Å². The van der Waals surface area contributed by atoms with Crippen molar-refractivity contribution in [2.75, 3.05) is 19.6 Å². The van der Waals surface area contributed by atoms with Crippen LogP contribution in [0.1, 0.15) is 41.3 Å². The normalized spacial score (nSPS) is 13.4. The Bertz CT molecular complexity index is 415. The van der Waals surface area contributed by atoms with Crippen LogP contribution in [-0.2, 0) is 12.8 Å². The molecule has 0 heterocycles. The van der Waals surface area contributed by atoms with Crippen molar-refractivity contribution >= 4 is 5.91 Å². The second kappa shape index (κ2) is 6.55. The van der Waals surface area contributed by atoms with E-state index in [0.29, 0.717) is 6.54 Å². The van der Waals surface area contributed by atoms with E-state index in [9.17, 15) is 4.79 Å². The summed E-state index contributed by atoms with van der Waals surface area (Å²) in [5.74, 6) is 0.0760. The van der Waals surface area contributed by atoms with Gasteiger partial charge in [-0.2, -0.15) is 0 Å². The van der Waals surface area contributed by atoms with Crippen molar-refractivity contribution in [2.45, 2.75) is 32.6 Å². The molecule has 2 N–H and O–H groups in total. The molecule has 1 aliphatic rings. The van der Waals surface area contributed by atoms with Gasteiger partial charge in [0.25, 0.3) is 5.91 Å². The summed E-state index contributed by atoms with van der Waals surface area (Å²) in [5.41, 5.74) is 3.49. The lowest BCUT2D eigenvalue weighted by Gasteiger charge is -2.09. The first-order valence-electron chi connectivity index (χ1n) is 6.92. The Hall–Kier alpha value is -1.35. The van der Waals surface area contributed by atoms with Gasteiger partial charge in [0.05, 0.1) is 0 Å². The zero-order valence-electron chi connectivity index (χ0n) is 11.1. The Morgan fingerprint density at radius 2 is 2.11 bits per heavy atom. The van der Waals surface area contributed by atoms with Crippen LogP contribution in [-0.4, -0.2) is 25.5 Å². The minimum Gasteiger partial charge on any atom is -0.351 e. The summed E-state index contributed by atoms with van der Waals surface area (Å²) >= 11 is 0. The number of nitrogens with one attached hydrogen (secondary N) is 2. The fraction of sp³-hybridized carbons (Fsp3) is 0.533. The largest absolute Gasteiger partial charge is 0.351 e. The molecule has 2 rings (SSSR count). The molecule has 0 saturated carbocycles. The van der Waals surface area contributed by atoms with E-state index in [1.165, 1.54) is 17.5 Å². The standard InChI is InChI=1S/C15H22N2O/c1-2-9-16-10-11-17-15(18)14-8-4-6-12-5-3-7-13(12)14/h4,6,8,16H,2-3,5,7,9-11H2,1H3,(H,17,18). The highest BCUT2D eigenvalue weighted by Crippen LogP contribution is 2.24. The maximum absolute atomic E-state index is 12.1. The molecule has 0 saturated heterocycles. The van der Waals surface area contributed by atoms with Crippen molar-refractivity contribution in [3.63, 3.8) is 0 Å². The van der Waals surface area contributed by atoms with Crippen molar-refractivity contribution in [3.8, 4) is 0 Å². The lowest BCUT2D eigenvalue weighted by atomic mass is 10.0. The van der Waals surface area contributed by atoms with Crippen molar-refractivity contribution in [1.82, 2.24) is 10.6 Å². The summed E-state index contributed by atoms with van der Waals surface area (Å²) < 4.78 is 0. The molecule has 0 bridgehead atoms. The zero-order chi connectivity index (χ0) is 12.8. The Morgan fingerprint density at radius 3 is 2.94 bits per heavy atom. The van der Waals surface area contributed by atoms with Gasteiger partial charge >= 0.3 is 0 Å². The van der Waals surface area contributed by atoms with E-state index >= 15 is 0 Å². The number of aryl methyl sites for hydroxylation is 1. The van der Waals surface area contributed by atoms with Crippen LogP contribution in [0, 0.1) is 0 Å². The molecule has 0 atom stereocenters. The van der Waals surface area contributed by atoms with Crippen molar-refractivity contribution < 1.29 is 4.79 Å². The van der Waals surface area contributed by atoms with Gasteiger partial charge in [-0.25, -0.2) is 0 Å². The fourth-order valence-corrected chi connectivity index (χ4v) is 2.49. The highest BCUT2D eigenvalue weighted by atomic mass is 16.1. The van der Waals surface area contributed by atoms with Gasteiger partial charge in [-0.1, -0.05) is 19.1 Å². The fourth-order valence-electron chi connectivity index (χ4n) is 2.49. The molecule has 0 unspecified atom stereocenters. The van der Waals surface area contributed by atoms with E-state index in [2.05, 4.69) is 23.6 Å². The lowest BCUT2D eigenvalue weighted by molar-refractivity contribution is 0.0953. The first kappa shape index (κ1) is 13.1. The predicted molar refractivity (Wildman–Crippen MR) is 74.0 cm³/mol. The van der Waals surface area contributed by atoms with Gasteiger partial charge in [0, 0.05) is 18.7 Å². The van der Waals surface area contributed by atoms with Gasteiger partial charge in [0.1, 0.15) is 0 Å². The summed E-state index contributed by atoms with van der Waals surface area (Å²) in [6, 6.07) is 6.08. The van der Waals surface area contributed by atoms with Crippen LogP contribution in [0.4, 0.5) is 0 Å². The molecule has 0 fully saturated rings. The molecule has 0 spiro atoms. The van der Waals surface area contributed by atoms with E-state index < -0.39 is 0 Å². The quantitative estimate of drug-likeness (QED) is 0.753. The van der Waals surface area contributed by atoms with E-state index in [1.54, 1.807) is 0 Å². The summed E-state index contributed by atoms with van der Waals surface area (Å²) in [6.45, 7) is 4.69. The van der Waals surface area contributed by atoms with Crippen molar-refractivity contribution in [1.29, 1.82) is 0 Å². The lowest BCUT2D eigenvalue weighted by Crippen LogP contribution is -2.32. The molecular weight excluding hydrogens is 224 g/mol. The SMILES string of the molecule is CCCNCCNC(=O)c1cccc2c1CCC2. The van der Waals surface area contributed by atoms with Gasteiger partial charge in [-0.05, 0) is 49.4 Å². The molecule has 1 amide bonds. The van der Waals surface area contributed by atoms with Gasteiger partial charge in [-0.15, -0.1) is 0 Å². The number of hydrogen-bond donors (Lipinski definition) is 2. The van der Waals surface area contributed by atoms with E-state index in [0.717, 1.165) is 37.9 Å². The maximum atomic E-state index is 12.1. The molecule has 3 heteroatoms. The summed E-state index contributed by atoms with van der Waals surface area (Å²) in [6.07, 6.45) is 4.47. The first-order chi connectivity index (χ1) is 8.83. The average Bonchev–Trinajstić information content (AvgIpc) is 2.86. The van der Waals surface area contributed by atoms with Crippen LogP contribution < -0.4 is 10.6 Å². The zero-order valence-corrected chi connectivity index (χ0v) is 11.1. The third-order valence-electron chi connectivity index (χ3n) is 3.40. The number of carbonyl (C=O) groups is 1. The van der Waals surface area contributed by atoms with Gasteiger partial charge < -0.3 is 10.6 Å². The molecule has 0 aromatic heterocycles. The Morgan fingerprint density at radius 1 is 1.22 bits per heavy atom. The summed E-state index contributed by atoms with van der Waals surface area (Å²) in [4.78, 5) is 12.1. The molecule has 1 aliphatic carbocycles. The smallest absolute Gasteiger partial charge is 0.251 e. The molecular formula is C15H22N2O. The van der Waals surface area contributed by atoms with Gasteiger partial charge in [0.2, 0.25) is 0 Å². The van der Waals surface area contributed by atoms with Crippen LogP contribution in [0.2, 0.25) is 0 Å². The monoisotopic (exact) mass is 246 g/mol. The number of benzene rings is 1. The highest BCUT2D eigenvalue weighted by Gasteiger charge is 2.18. The molecule has 0 radical (unpaired) electrons. The van der Waals surface area contributed by atoms with E-state index in [-0.39, 0.29) is 5.91 Å². The Kier molecular flexibility index (Phi) is 4.76. The second-order valence-electron chi connectivity index (χ2n) is 4.80. The predicted octanol–water partition coefficient (Wildman–Crippen LogP) is 1.90. The van der Waals surface area contributed by atoms with Crippen LogP contribution in [0.15, 0.2) is 18.2 Å². The van der Waals surface area contributed by atoms with Gasteiger partial charge in [0.15, 0.2) is 0 Å². The first-order valence-corrected chi connectivity index (χ1v) is 6.92. The number of carbonyl (C=O) groups excluding carboxylic acids is 1. The minimum absolute atomic E-state index is 0.0760. The Balaban J connectivity index is 1.88. The molecule has 3 nitrogen and oxygen atoms in total. The number of rotatable bonds is 6. The van der Waals surface area contributed by atoms with Crippen LogP contribution in [0.25, 0.3) is 0 Å². The second-order valence-corrected chi connectivity index (χ2v) is 4.80. The topological polar surface area (TPSA) is 41.1 Å². The minimum atomic E-state index is 0.0760. The van der Waals surface area contributed by atoms with Crippen LogP contribution in [0.3, 0.4) is 0 Å². The number of amides is 1. The molecule has 18 heavy (non-hydrogen) atoms. The highest BCUT2D eigenvalue weighted by molar-refractivity contribution is 5.96. The van der Waals surface area contributed by atoms with Crippen LogP contribution in [0.5, 0.6) is 0 Å². The summed E-state index contributed by atoms with van der Waals surface area (Å²) in [5, 5.41) is 6.27. The van der Waals surface area contributed by atoms with Gasteiger partial charge in [-0.3, -0.25) is 4.79 Å². The third-order valence-corrected chi connectivity index (χ3v) is 3.40. The summed E-state index contributed by atoms with van der Waals surface area (Å²) in [7, 11) is 0. The third kappa shape index (κ3) is 3.10. The number of hydrogen-bond acceptors (Lipinski definition) is 2. The van der Waals surface area contributed by atoms with Crippen molar-refractivity contribution in [3.05, 3.63) is 34.9 Å². The van der Waals surface area contributed by atoms with Crippen LogP contribution >= 0.6 is 0 Å². The molecule has 98 valence electrons. The molecule has 1 aromatic carbocycles.